The Morgan fingerprint density at radius 3 is 2.19 bits per heavy atom. The van der Waals surface area contributed by atoms with Crippen molar-refractivity contribution in [3.8, 4) is 11.1 Å². The molecule has 37 heavy (non-hydrogen) atoms. The lowest BCUT2D eigenvalue weighted by atomic mass is 10.0. The van der Waals surface area contributed by atoms with Crippen LogP contribution < -0.4 is 10.6 Å². The molecule has 0 fully saturated rings. The fourth-order valence-electron chi connectivity index (χ4n) is 3.88. The van der Waals surface area contributed by atoms with Crippen molar-refractivity contribution in [2.24, 2.45) is 4.36 Å². The topological polar surface area (TPSA) is 96.9 Å². The van der Waals surface area contributed by atoms with E-state index < -0.39 is 27.3 Å². The minimum Gasteiger partial charge on any atom is -0.444 e. The van der Waals surface area contributed by atoms with Crippen LogP contribution in [0.1, 0.15) is 44.0 Å². The molecule has 194 valence electrons. The number of hydrogen-bond donors (Lipinski definition) is 2. The third-order valence-electron chi connectivity index (χ3n) is 5.69. The summed E-state index contributed by atoms with van der Waals surface area (Å²) in [7, 11) is -2.44. The number of nitrogens with zero attached hydrogens (tertiary/aromatic N) is 1. The van der Waals surface area contributed by atoms with Gasteiger partial charge in [0.05, 0.1) is 21.1 Å². The molecular weight excluding hydrogens is 493 g/mol. The van der Waals surface area contributed by atoms with Gasteiger partial charge in [-0.2, -0.15) is 0 Å². The maximum atomic E-state index is 13.4. The number of rotatable bonds is 5. The molecule has 0 aliphatic carbocycles. The van der Waals surface area contributed by atoms with Crippen molar-refractivity contribution in [3.63, 3.8) is 0 Å². The van der Waals surface area contributed by atoms with E-state index in [4.69, 9.17) is 4.74 Å². The number of benzene rings is 3. The van der Waals surface area contributed by atoms with Gasteiger partial charge in [0.25, 0.3) is 5.91 Å². The van der Waals surface area contributed by atoms with Gasteiger partial charge in [0.1, 0.15) is 11.4 Å². The van der Waals surface area contributed by atoms with E-state index in [1.165, 1.54) is 12.1 Å². The molecule has 0 aromatic heterocycles. The summed E-state index contributed by atoms with van der Waals surface area (Å²) in [5, 5.41) is 5.53. The molecule has 0 bridgehead atoms. The molecule has 2 N–H and O–H groups in total. The highest BCUT2D eigenvalue weighted by molar-refractivity contribution is 7.93. The number of carbonyl (C=O) groups is 2. The lowest BCUT2D eigenvalue weighted by Gasteiger charge is -2.21. The van der Waals surface area contributed by atoms with Gasteiger partial charge in [-0.1, -0.05) is 18.2 Å². The van der Waals surface area contributed by atoms with Crippen LogP contribution in [0.4, 0.5) is 20.6 Å². The minimum absolute atomic E-state index is 0.342. The van der Waals surface area contributed by atoms with Crippen molar-refractivity contribution in [3.05, 3.63) is 78.1 Å². The summed E-state index contributed by atoms with van der Waals surface area (Å²) in [5.41, 5.74) is 1.80. The number of ether oxygens (including phenoxy) is 1. The van der Waals surface area contributed by atoms with Gasteiger partial charge < -0.3 is 10.1 Å². The molecule has 1 aliphatic rings. The molecule has 3 aromatic rings. The lowest BCUT2D eigenvalue weighted by Crippen LogP contribution is -2.27. The Morgan fingerprint density at radius 2 is 1.57 bits per heavy atom. The van der Waals surface area contributed by atoms with Crippen molar-refractivity contribution in [2.75, 3.05) is 22.9 Å². The first kappa shape index (κ1) is 26.3. The second-order valence-corrected chi connectivity index (χ2v) is 12.2. The number of carbonyl (C=O) groups excluding carboxylic acids is 2. The molecule has 3 aromatic carbocycles. The Labute approximate surface area is 216 Å². The number of halogens is 1. The highest BCUT2D eigenvalue weighted by Crippen LogP contribution is 2.30. The van der Waals surface area contributed by atoms with E-state index in [9.17, 15) is 18.2 Å². The van der Waals surface area contributed by atoms with Crippen LogP contribution in [-0.2, 0) is 14.5 Å². The zero-order valence-corrected chi connectivity index (χ0v) is 21.9. The number of hydrogen-bond acceptors (Lipinski definition) is 5. The summed E-state index contributed by atoms with van der Waals surface area (Å²) in [5.74, 6) is -0.244. The maximum Gasteiger partial charge on any atom is 0.412 e. The monoisotopic (exact) mass is 523 g/mol. The van der Waals surface area contributed by atoms with Crippen LogP contribution in [0.15, 0.2) is 76.0 Å². The summed E-state index contributed by atoms with van der Waals surface area (Å²) in [6, 6.07) is 17.7. The van der Waals surface area contributed by atoms with Gasteiger partial charge in [0.15, 0.2) is 0 Å². The Bertz CT molecular complexity index is 1420. The Balaban J connectivity index is 1.61. The first-order valence-corrected chi connectivity index (χ1v) is 13.7. The fraction of sp³-hybridized carbons (Fsp3) is 0.286. The normalized spacial score (nSPS) is 17.4. The Hall–Kier alpha value is -3.72. The number of anilines is 2. The molecule has 0 saturated heterocycles. The van der Waals surface area contributed by atoms with Crippen LogP contribution in [0.3, 0.4) is 0 Å². The van der Waals surface area contributed by atoms with Gasteiger partial charge in [-0.15, -0.1) is 0 Å². The molecule has 1 aliphatic heterocycles. The average molecular weight is 524 g/mol. The van der Waals surface area contributed by atoms with Gasteiger partial charge in [0, 0.05) is 22.8 Å². The molecule has 1 unspecified atom stereocenters. The van der Waals surface area contributed by atoms with Crippen molar-refractivity contribution >= 4 is 33.1 Å². The standard InChI is InChI=1S/C28H30FN3O4S/c1-28(2,3)36-27(34)32-24-15-10-21(19-6-11-22(29)12-7-19)18-25(24)31-26(33)20-8-13-23(14-9-20)37(35)17-5-4-16-30-37/h6-15,18H,4-5,16-17H2,1-3H3,(H,31,33)(H,32,34). The minimum atomic E-state index is -2.44. The summed E-state index contributed by atoms with van der Waals surface area (Å²) < 4.78 is 36.2. The first-order valence-electron chi connectivity index (χ1n) is 12.0. The van der Waals surface area contributed by atoms with E-state index >= 15 is 0 Å². The summed E-state index contributed by atoms with van der Waals surface area (Å²) >= 11 is 0. The zero-order chi connectivity index (χ0) is 26.6. The highest BCUT2D eigenvalue weighted by atomic mass is 32.2. The van der Waals surface area contributed by atoms with Gasteiger partial charge in [-0.05, 0) is 93.3 Å². The SMILES string of the molecule is CC(C)(C)OC(=O)Nc1ccc(-c2ccc(F)cc2)cc1NC(=O)c1ccc(S2(=O)=NCCCC2)cc1. The number of amides is 2. The molecule has 4 rings (SSSR count). The van der Waals surface area contributed by atoms with E-state index in [1.54, 1.807) is 75.4 Å². The lowest BCUT2D eigenvalue weighted by molar-refractivity contribution is 0.0635. The molecule has 0 spiro atoms. The fourth-order valence-corrected chi connectivity index (χ4v) is 5.98. The highest BCUT2D eigenvalue weighted by Gasteiger charge is 2.20. The van der Waals surface area contributed by atoms with E-state index in [-0.39, 0.29) is 5.82 Å². The van der Waals surface area contributed by atoms with E-state index in [1.807, 2.05) is 0 Å². The van der Waals surface area contributed by atoms with Crippen LogP contribution in [0.5, 0.6) is 0 Å². The van der Waals surface area contributed by atoms with Crippen molar-refractivity contribution in [2.45, 2.75) is 44.1 Å². The van der Waals surface area contributed by atoms with Gasteiger partial charge >= 0.3 is 6.09 Å². The molecule has 1 heterocycles. The van der Waals surface area contributed by atoms with Crippen molar-refractivity contribution in [1.82, 2.24) is 0 Å². The third kappa shape index (κ3) is 6.74. The predicted molar refractivity (Wildman–Crippen MR) is 144 cm³/mol. The van der Waals surface area contributed by atoms with Crippen LogP contribution in [0, 0.1) is 5.82 Å². The molecule has 1 atom stereocenters. The smallest absolute Gasteiger partial charge is 0.412 e. The van der Waals surface area contributed by atoms with Crippen molar-refractivity contribution < 1.29 is 22.9 Å². The van der Waals surface area contributed by atoms with E-state index in [0.717, 1.165) is 24.0 Å². The number of nitrogens with one attached hydrogen (secondary N) is 2. The summed E-state index contributed by atoms with van der Waals surface area (Å²) in [6.45, 7) is 5.85. The van der Waals surface area contributed by atoms with Crippen LogP contribution in [0.25, 0.3) is 11.1 Å². The van der Waals surface area contributed by atoms with Crippen LogP contribution in [-0.4, -0.2) is 34.1 Å². The molecule has 7 nitrogen and oxygen atoms in total. The summed E-state index contributed by atoms with van der Waals surface area (Å²) in [6.07, 6.45) is 1.14. The average Bonchev–Trinajstić information content (AvgIpc) is 2.85. The van der Waals surface area contributed by atoms with Crippen LogP contribution in [0.2, 0.25) is 0 Å². The molecule has 0 radical (unpaired) electrons. The zero-order valence-electron chi connectivity index (χ0n) is 21.0. The van der Waals surface area contributed by atoms with Gasteiger partial charge in [0.2, 0.25) is 0 Å². The van der Waals surface area contributed by atoms with Gasteiger partial charge in [-0.25, -0.2) is 17.8 Å². The molecule has 2 amide bonds. The third-order valence-corrected chi connectivity index (χ3v) is 8.15. The van der Waals surface area contributed by atoms with Crippen molar-refractivity contribution in [1.29, 1.82) is 0 Å². The van der Waals surface area contributed by atoms with Crippen LogP contribution >= 0.6 is 0 Å². The Morgan fingerprint density at radius 1 is 0.892 bits per heavy atom. The predicted octanol–water partition coefficient (Wildman–Crippen LogP) is 6.71. The largest absolute Gasteiger partial charge is 0.444 e. The first-order chi connectivity index (χ1) is 17.5. The molecular formula is C28H30FN3O4S. The van der Waals surface area contributed by atoms with E-state index in [0.29, 0.717) is 34.1 Å². The maximum absolute atomic E-state index is 13.4. The molecule has 9 heteroatoms. The molecule has 0 saturated carbocycles. The Kier molecular flexibility index (Phi) is 7.63. The second-order valence-electron chi connectivity index (χ2n) is 9.78. The van der Waals surface area contributed by atoms with Gasteiger partial charge in [-0.3, -0.25) is 10.1 Å². The van der Waals surface area contributed by atoms with E-state index in [2.05, 4.69) is 15.0 Å². The summed E-state index contributed by atoms with van der Waals surface area (Å²) in [4.78, 5) is 26.2. The second kappa shape index (κ2) is 10.7. The quantitative estimate of drug-likeness (QED) is 0.388.